The van der Waals surface area contributed by atoms with Crippen LogP contribution in [0.3, 0.4) is 0 Å². The quantitative estimate of drug-likeness (QED) is 0.816. The van der Waals surface area contributed by atoms with Gasteiger partial charge in [-0.1, -0.05) is 43.5 Å². The van der Waals surface area contributed by atoms with Gasteiger partial charge in [0.25, 0.3) is 0 Å². The highest BCUT2D eigenvalue weighted by Crippen LogP contribution is 2.22. The molecular formula is C20H30N2O2. The smallest absolute Gasteiger partial charge is 0.237 e. The maximum absolute atomic E-state index is 12.5. The Kier molecular flexibility index (Phi) is 6.27. The van der Waals surface area contributed by atoms with Gasteiger partial charge in [-0.3, -0.25) is 9.69 Å². The summed E-state index contributed by atoms with van der Waals surface area (Å²) >= 11 is 0. The molecule has 1 aliphatic heterocycles. The van der Waals surface area contributed by atoms with E-state index in [4.69, 9.17) is 4.74 Å². The van der Waals surface area contributed by atoms with Crippen LogP contribution in [0, 0.1) is 0 Å². The van der Waals surface area contributed by atoms with E-state index in [2.05, 4.69) is 34.5 Å². The molecule has 4 heteroatoms. The van der Waals surface area contributed by atoms with Gasteiger partial charge in [-0.15, -0.1) is 0 Å². The van der Waals surface area contributed by atoms with E-state index < -0.39 is 0 Å². The van der Waals surface area contributed by atoms with Crippen molar-refractivity contribution < 1.29 is 9.53 Å². The summed E-state index contributed by atoms with van der Waals surface area (Å²) in [4.78, 5) is 14.6. The van der Waals surface area contributed by atoms with Crippen LogP contribution in [-0.2, 0) is 22.5 Å². The van der Waals surface area contributed by atoms with E-state index in [1.165, 1.54) is 43.2 Å². The van der Waals surface area contributed by atoms with Gasteiger partial charge in [-0.25, -0.2) is 0 Å². The third-order valence-electron chi connectivity index (χ3n) is 5.31. The van der Waals surface area contributed by atoms with Gasteiger partial charge in [0.15, 0.2) is 0 Å². The molecule has 1 aromatic rings. The topological polar surface area (TPSA) is 41.6 Å². The molecular weight excluding hydrogens is 300 g/mol. The molecule has 1 heterocycles. The minimum atomic E-state index is -0.0563. The summed E-state index contributed by atoms with van der Waals surface area (Å²) in [5.41, 5.74) is 2.64. The number of hydrogen-bond donors (Lipinski definition) is 1. The van der Waals surface area contributed by atoms with Gasteiger partial charge in [-0.2, -0.15) is 0 Å². The second kappa shape index (κ2) is 8.63. The molecule has 132 valence electrons. The maximum Gasteiger partial charge on any atom is 0.237 e. The number of nitrogens with one attached hydrogen (secondary N) is 1. The molecule has 1 aromatic carbocycles. The Bertz CT molecular complexity index is 540. The first-order valence-electron chi connectivity index (χ1n) is 9.40. The zero-order valence-corrected chi connectivity index (χ0v) is 14.8. The van der Waals surface area contributed by atoms with Crippen molar-refractivity contribution in [2.24, 2.45) is 0 Å². The number of nitrogens with zero attached hydrogens (tertiary/aromatic N) is 1. The number of carbonyl (C=O) groups is 1. The minimum absolute atomic E-state index is 0.0563. The maximum atomic E-state index is 12.5. The Labute approximate surface area is 145 Å². The van der Waals surface area contributed by atoms with Crippen LogP contribution in [0.25, 0.3) is 0 Å². The standard InChI is InChI=1S/C20H30N2O2/c1-22-15-17-9-6-5-8-16(17)14-19(22)20(23)21-12-7-13-24-18-10-3-2-4-11-18/h5-6,8-9,18-19H,2-4,7,10-15H2,1H3,(H,21,23)/t19-/m0/s1. The van der Waals surface area contributed by atoms with Crippen LogP contribution in [0.1, 0.15) is 49.7 Å². The molecule has 1 atom stereocenters. The molecule has 1 amide bonds. The summed E-state index contributed by atoms with van der Waals surface area (Å²) in [6.07, 6.45) is 8.53. The second-order valence-corrected chi connectivity index (χ2v) is 7.18. The Morgan fingerprint density at radius 1 is 1.21 bits per heavy atom. The minimum Gasteiger partial charge on any atom is -0.378 e. The van der Waals surface area contributed by atoms with Crippen LogP contribution in [-0.4, -0.2) is 43.2 Å². The SMILES string of the molecule is CN1Cc2ccccc2C[C@H]1C(=O)NCCCOC1CCCCC1. The Balaban J connectivity index is 1.37. The van der Waals surface area contributed by atoms with Crippen molar-refractivity contribution in [1.82, 2.24) is 10.2 Å². The fraction of sp³-hybridized carbons (Fsp3) is 0.650. The first kappa shape index (κ1) is 17.4. The Morgan fingerprint density at radius 3 is 2.75 bits per heavy atom. The van der Waals surface area contributed by atoms with Gasteiger partial charge in [0.05, 0.1) is 12.1 Å². The molecule has 0 bridgehead atoms. The molecule has 0 saturated heterocycles. The van der Waals surface area contributed by atoms with E-state index in [-0.39, 0.29) is 11.9 Å². The number of carbonyl (C=O) groups excluding carboxylic acids is 1. The van der Waals surface area contributed by atoms with E-state index >= 15 is 0 Å². The summed E-state index contributed by atoms with van der Waals surface area (Å²) in [6, 6.07) is 8.36. The van der Waals surface area contributed by atoms with Crippen LogP contribution in [0.5, 0.6) is 0 Å². The van der Waals surface area contributed by atoms with Crippen molar-refractivity contribution in [3.63, 3.8) is 0 Å². The molecule has 4 nitrogen and oxygen atoms in total. The van der Waals surface area contributed by atoms with Crippen LogP contribution < -0.4 is 5.32 Å². The predicted octanol–water partition coefficient (Wildman–Crippen LogP) is 2.90. The fourth-order valence-electron chi connectivity index (χ4n) is 3.83. The molecule has 3 rings (SSSR count). The molecule has 1 aliphatic carbocycles. The predicted molar refractivity (Wildman–Crippen MR) is 95.9 cm³/mol. The molecule has 2 aliphatic rings. The Morgan fingerprint density at radius 2 is 1.96 bits per heavy atom. The second-order valence-electron chi connectivity index (χ2n) is 7.18. The zero-order valence-electron chi connectivity index (χ0n) is 14.8. The number of rotatable bonds is 6. The van der Waals surface area contributed by atoms with E-state index in [0.717, 1.165) is 26.0 Å². The van der Waals surface area contributed by atoms with Crippen LogP contribution in [0.4, 0.5) is 0 Å². The lowest BCUT2D eigenvalue weighted by atomic mass is 9.94. The third kappa shape index (κ3) is 4.58. The van der Waals surface area contributed by atoms with E-state index in [1.807, 2.05) is 7.05 Å². The molecule has 0 radical (unpaired) electrons. The van der Waals surface area contributed by atoms with Gasteiger partial charge < -0.3 is 10.1 Å². The first-order chi connectivity index (χ1) is 11.7. The Hall–Kier alpha value is -1.39. The normalized spacial score (nSPS) is 22.1. The summed E-state index contributed by atoms with van der Waals surface area (Å²) in [7, 11) is 2.03. The number of ether oxygens (including phenoxy) is 1. The van der Waals surface area contributed by atoms with Crippen molar-refractivity contribution >= 4 is 5.91 Å². The summed E-state index contributed by atoms with van der Waals surface area (Å²) in [5, 5.41) is 3.09. The van der Waals surface area contributed by atoms with Gasteiger partial charge in [0.2, 0.25) is 5.91 Å². The van der Waals surface area contributed by atoms with Gasteiger partial charge >= 0.3 is 0 Å². The first-order valence-corrected chi connectivity index (χ1v) is 9.40. The summed E-state index contributed by atoms with van der Waals surface area (Å²) in [6.45, 7) is 2.31. The third-order valence-corrected chi connectivity index (χ3v) is 5.31. The number of fused-ring (bicyclic) bond motifs is 1. The lowest BCUT2D eigenvalue weighted by molar-refractivity contribution is -0.126. The van der Waals surface area contributed by atoms with Crippen molar-refractivity contribution in [1.29, 1.82) is 0 Å². The number of benzene rings is 1. The van der Waals surface area contributed by atoms with E-state index in [9.17, 15) is 4.79 Å². The highest BCUT2D eigenvalue weighted by atomic mass is 16.5. The van der Waals surface area contributed by atoms with Crippen LogP contribution in [0.2, 0.25) is 0 Å². The summed E-state index contributed by atoms with van der Waals surface area (Å²) < 4.78 is 5.92. The largest absolute Gasteiger partial charge is 0.378 e. The fourth-order valence-corrected chi connectivity index (χ4v) is 3.83. The zero-order chi connectivity index (χ0) is 16.8. The van der Waals surface area contributed by atoms with Gasteiger partial charge in [0, 0.05) is 19.7 Å². The summed E-state index contributed by atoms with van der Waals surface area (Å²) in [5.74, 6) is 0.143. The molecule has 1 N–H and O–H groups in total. The van der Waals surface area contributed by atoms with Crippen molar-refractivity contribution in [2.75, 3.05) is 20.2 Å². The number of likely N-dealkylation sites (N-methyl/N-ethyl adjacent to an activating group) is 1. The van der Waals surface area contributed by atoms with Gasteiger partial charge in [-0.05, 0) is 43.9 Å². The highest BCUT2D eigenvalue weighted by molar-refractivity contribution is 5.82. The van der Waals surface area contributed by atoms with E-state index in [1.54, 1.807) is 0 Å². The number of amides is 1. The molecule has 1 fully saturated rings. The van der Waals surface area contributed by atoms with Gasteiger partial charge in [0.1, 0.15) is 0 Å². The highest BCUT2D eigenvalue weighted by Gasteiger charge is 2.28. The van der Waals surface area contributed by atoms with E-state index in [0.29, 0.717) is 12.6 Å². The molecule has 0 spiro atoms. The monoisotopic (exact) mass is 330 g/mol. The van der Waals surface area contributed by atoms with Crippen molar-refractivity contribution in [2.45, 2.75) is 63.6 Å². The molecule has 1 saturated carbocycles. The van der Waals surface area contributed by atoms with Crippen molar-refractivity contribution in [3.05, 3.63) is 35.4 Å². The average Bonchev–Trinajstić information content (AvgIpc) is 2.61. The van der Waals surface area contributed by atoms with Crippen LogP contribution >= 0.6 is 0 Å². The lowest BCUT2D eigenvalue weighted by Gasteiger charge is -2.33. The van der Waals surface area contributed by atoms with Crippen molar-refractivity contribution in [3.8, 4) is 0 Å². The van der Waals surface area contributed by atoms with Crippen LogP contribution in [0.15, 0.2) is 24.3 Å². The molecule has 0 unspecified atom stereocenters. The molecule has 24 heavy (non-hydrogen) atoms. The average molecular weight is 330 g/mol. The lowest BCUT2D eigenvalue weighted by Crippen LogP contribution is -2.48. The molecule has 0 aromatic heterocycles. The number of hydrogen-bond acceptors (Lipinski definition) is 3.